The van der Waals surface area contributed by atoms with E-state index >= 15 is 0 Å². The molecule has 2 heterocycles. The highest BCUT2D eigenvalue weighted by Crippen LogP contribution is 2.35. The predicted octanol–water partition coefficient (Wildman–Crippen LogP) is 2.12. The minimum absolute atomic E-state index is 0.197. The van der Waals surface area contributed by atoms with Gasteiger partial charge in [-0.1, -0.05) is 60.7 Å². The second-order valence-electron chi connectivity index (χ2n) is 7.44. The summed E-state index contributed by atoms with van der Waals surface area (Å²) < 4.78 is 28.4. The van der Waals surface area contributed by atoms with Gasteiger partial charge in [-0.2, -0.15) is 9.37 Å². The highest BCUT2D eigenvalue weighted by molar-refractivity contribution is 7.89. The highest BCUT2D eigenvalue weighted by Gasteiger charge is 2.46. The topological polar surface area (TPSA) is 53.1 Å². The summed E-state index contributed by atoms with van der Waals surface area (Å²) in [6.07, 6.45) is 0. The van der Waals surface area contributed by atoms with Crippen molar-refractivity contribution < 1.29 is 13.3 Å². The molecule has 0 radical (unpaired) electrons. The standard InChI is InChI=1S/C21H27N3O3S/c1-22-21(19-10-6-3-7-11-19)20(17-27-22)28(25,26)24-14-12-23(13-15-24)16-18-8-4-2-5-9-18/h2-11,20-21H,12-17H2,1H3. The average Bonchev–Trinajstić information content (AvgIpc) is 3.12. The first-order valence-corrected chi connectivity index (χ1v) is 11.2. The van der Waals surface area contributed by atoms with Crippen LogP contribution in [-0.4, -0.2) is 67.8 Å². The lowest BCUT2D eigenvalue weighted by molar-refractivity contribution is -0.110. The number of hydrogen-bond acceptors (Lipinski definition) is 5. The molecule has 28 heavy (non-hydrogen) atoms. The first kappa shape index (κ1) is 19.5. The highest BCUT2D eigenvalue weighted by atomic mass is 32.2. The molecule has 2 saturated heterocycles. The number of sulfonamides is 1. The molecule has 6 nitrogen and oxygen atoms in total. The smallest absolute Gasteiger partial charge is 0.221 e. The van der Waals surface area contributed by atoms with Gasteiger partial charge in [0, 0.05) is 39.8 Å². The largest absolute Gasteiger partial charge is 0.297 e. The van der Waals surface area contributed by atoms with E-state index in [4.69, 9.17) is 4.84 Å². The zero-order valence-corrected chi connectivity index (χ0v) is 17.0. The van der Waals surface area contributed by atoms with Gasteiger partial charge in [0.05, 0.1) is 12.6 Å². The summed E-state index contributed by atoms with van der Waals surface area (Å²) in [5.74, 6) is 0. The van der Waals surface area contributed by atoms with Crippen LogP contribution in [0.2, 0.25) is 0 Å². The minimum Gasteiger partial charge on any atom is -0.297 e. The number of hydroxylamine groups is 2. The van der Waals surface area contributed by atoms with Crippen molar-refractivity contribution in [1.29, 1.82) is 0 Å². The third-order valence-electron chi connectivity index (χ3n) is 5.65. The SMILES string of the molecule is CN1OCC(S(=O)(=O)N2CCN(Cc3ccccc3)CC2)C1c1ccccc1. The van der Waals surface area contributed by atoms with Gasteiger partial charge >= 0.3 is 0 Å². The molecule has 2 aromatic rings. The van der Waals surface area contributed by atoms with Gasteiger partial charge in [0.1, 0.15) is 5.25 Å². The van der Waals surface area contributed by atoms with Gasteiger partial charge in [0.2, 0.25) is 10.0 Å². The first-order chi connectivity index (χ1) is 13.6. The van der Waals surface area contributed by atoms with Crippen LogP contribution in [0.3, 0.4) is 0 Å². The van der Waals surface area contributed by atoms with E-state index in [0.717, 1.165) is 25.2 Å². The fraction of sp³-hybridized carbons (Fsp3) is 0.429. The molecule has 0 saturated carbocycles. The summed E-state index contributed by atoms with van der Waals surface area (Å²) in [6.45, 7) is 3.59. The summed E-state index contributed by atoms with van der Waals surface area (Å²) in [6, 6.07) is 19.8. The van der Waals surface area contributed by atoms with E-state index < -0.39 is 15.3 Å². The molecule has 0 amide bonds. The van der Waals surface area contributed by atoms with Crippen molar-refractivity contribution in [1.82, 2.24) is 14.3 Å². The quantitative estimate of drug-likeness (QED) is 0.768. The van der Waals surface area contributed by atoms with Gasteiger partial charge in [0.15, 0.2) is 0 Å². The minimum atomic E-state index is -3.45. The van der Waals surface area contributed by atoms with Crippen LogP contribution < -0.4 is 0 Å². The number of benzene rings is 2. The van der Waals surface area contributed by atoms with E-state index in [9.17, 15) is 8.42 Å². The van der Waals surface area contributed by atoms with Gasteiger partial charge in [-0.15, -0.1) is 0 Å². The molecule has 2 aromatic carbocycles. The molecule has 7 heteroatoms. The fourth-order valence-corrected chi connectivity index (χ4v) is 6.04. The van der Waals surface area contributed by atoms with Crippen LogP contribution in [0.1, 0.15) is 17.2 Å². The predicted molar refractivity (Wildman–Crippen MR) is 109 cm³/mol. The number of nitrogens with zero attached hydrogens (tertiary/aromatic N) is 3. The average molecular weight is 402 g/mol. The maximum absolute atomic E-state index is 13.4. The maximum Gasteiger partial charge on any atom is 0.221 e. The molecule has 4 rings (SSSR count). The Hall–Kier alpha value is -1.77. The molecule has 2 atom stereocenters. The molecule has 150 valence electrons. The van der Waals surface area contributed by atoms with E-state index in [1.165, 1.54) is 5.56 Å². The van der Waals surface area contributed by atoms with Crippen molar-refractivity contribution in [3.63, 3.8) is 0 Å². The van der Waals surface area contributed by atoms with Crippen molar-refractivity contribution in [2.24, 2.45) is 0 Å². The lowest BCUT2D eigenvalue weighted by Gasteiger charge is -2.36. The van der Waals surface area contributed by atoms with Gasteiger partial charge in [-0.05, 0) is 11.1 Å². The van der Waals surface area contributed by atoms with E-state index in [-0.39, 0.29) is 12.6 Å². The second kappa shape index (κ2) is 8.31. The summed E-state index contributed by atoms with van der Waals surface area (Å²) in [5, 5.41) is 1.10. The maximum atomic E-state index is 13.4. The molecule has 2 aliphatic heterocycles. The zero-order chi connectivity index (χ0) is 19.6. The van der Waals surface area contributed by atoms with Crippen molar-refractivity contribution in [3.05, 3.63) is 71.8 Å². The number of piperazine rings is 1. The monoisotopic (exact) mass is 401 g/mol. The van der Waals surface area contributed by atoms with Crippen LogP contribution in [0, 0.1) is 0 Å². The number of hydrogen-bond donors (Lipinski definition) is 0. The fourth-order valence-electron chi connectivity index (χ4n) is 4.10. The molecule has 2 fully saturated rings. The van der Waals surface area contributed by atoms with E-state index in [1.807, 2.05) is 55.6 Å². The number of rotatable bonds is 5. The Morgan fingerprint density at radius 3 is 2.18 bits per heavy atom. The zero-order valence-electron chi connectivity index (χ0n) is 16.1. The van der Waals surface area contributed by atoms with Crippen LogP contribution in [-0.2, 0) is 21.4 Å². The molecule has 2 aliphatic rings. The Balaban J connectivity index is 1.44. The molecule has 0 N–H and O–H groups in total. The van der Waals surface area contributed by atoms with Gasteiger partial charge in [-0.3, -0.25) is 9.74 Å². The van der Waals surface area contributed by atoms with Gasteiger partial charge in [-0.25, -0.2) is 8.42 Å². The van der Waals surface area contributed by atoms with E-state index in [2.05, 4.69) is 17.0 Å². The van der Waals surface area contributed by atoms with Crippen molar-refractivity contribution >= 4 is 10.0 Å². The molecular formula is C21H27N3O3S. The van der Waals surface area contributed by atoms with Gasteiger partial charge < -0.3 is 0 Å². The Morgan fingerprint density at radius 1 is 0.929 bits per heavy atom. The Kier molecular flexibility index (Phi) is 5.80. The normalized spacial score (nSPS) is 25.2. The first-order valence-electron chi connectivity index (χ1n) is 9.71. The lowest BCUT2D eigenvalue weighted by atomic mass is 10.0. The van der Waals surface area contributed by atoms with E-state index in [1.54, 1.807) is 9.37 Å². The Bertz CT molecular complexity index is 868. The summed E-state index contributed by atoms with van der Waals surface area (Å²) >= 11 is 0. The summed E-state index contributed by atoms with van der Waals surface area (Å²) in [4.78, 5) is 7.94. The molecular weight excluding hydrogens is 374 g/mol. The summed E-state index contributed by atoms with van der Waals surface area (Å²) in [5.41, 5.74) is 2.23. The van der Waals surface area contributed by atoms with Crippen LogP contribution >= 0.6 is 0 Å². The molecule has 2 unspecified atom stereocenters. The molecule has 0 aliphatic carbocycles. The lowest BCUT2D eigenvalue weighted by Crippen LogP contribution is -2.51. The van der Waals surface area contributed by atoms with Crippen LogP contribution in [0.25, 0.3) is 0 Å². The van der Waals surface area contributed by atoms with Crippen LogP contribution in [0.15, 0.2) is 60.7 Å². The van der Waals surface area contributed by atoms with Crippen LogP contribution in [0.5, 0.6) is 0 Å². The Labute approximate surface area is 167 Å². The molecule has 0 bridgehead atoms. The van der Waals surface area contributed by atoms with Gasteiger partial charge in [0.25, 0.3) is 0 Å². The third kappa shape index (κ3) is 3.99. The van der Waals surface area contributed by atoms with Crippen molar-refractivity contribution in [3.8, 4) is 0 Å². The third-order valence-corrected chi connectivity index (χ3v) is 7.89. The molecule has 0 spiro atoms. The summed E-state index contributed by atoms with van der Waals surface area (Å²) in [7, 11) is -1.64. The van der Waals surface area contributed by atoms with Crippen molar-refractivity contribution in [2.75, 3.05) is 39.8 Å². The second-order valence-corrected chi connectivity index (χ2v) is 9.59. The molecule has 0 aromatic heterocycles. The Morgan fingerprint density at radius 2 is 1.54 bits per heavy atom. The van der Waals surface area contributed by atoms with E-state index in [0.29, 0.717) is 13.1 Å². The van der Waals surface area contributed by atoms with Crippen molar-refractivity contribution in [2.45, 2.75) is 17.8 Å². The van der Waals surface area contributed by atoms with Crippen LogP contribution in [0.4, 0.5) is 0 Å².